The topological polar surface area (TPSA) is 97.1 Å². The second-order valence-corrected chi connectivity index (χ2v) is 6.92. The fourth-order valence-electron chi connectivity index (χ4n) is 2.18. The maximum absolute atomic E-state index is 13.7. The first-order chi connectivity index (χ1) is 13.9. The van der Waals surface area contributed by atoms with Crippen LogP contribution in [0.25, 0.3) is 0 Å². The SMILES string of the molecule is O=C(CSc1nnc(CNC(=O)c2c(F)cccc2Cl)o1)Nc1ccc(F)cc1. The van der Waals surface area contributed by atoms with Gasteiger partial charge in [-0.3, -0.25) is 9.59 Å². The molecule has 0 aliphatic carbocycles. The molecule has 3 aromatic rings. The number of thioether (sulfide) groups is 1. The Balaban J connectivity index is 1.48. The summed E-state index contributed by atoms with van der Waals surface area (Å²) in [5.41, 5.74) is 0.179. The molecule has 11 heteroatoms. The van der Waals surface area contributed by atoms with Gasteiger partial charge in [-0.2, -0.15) is 0 Å². The van der Waals surface area contributed by atoms with Crippen LogP contribution in [0.1, 0.15) is 16.2 Å². The maximum Gasteiger partial charge on any atom is 0.277 e. The van der Waals surface area contributed by atoms with Crippen molar-refractivity contribution in [3.05, 3.63) is 70.6 Å². The summed E-state index contributed by atoms with van der Waals surface area (Å²) in [5.74, 6) is -2.16. The van der Waals surface area contributed by atoms with Crippen molar-refractivity contribution in [1.29, 1.82) is 0 Å². The van der Waals surface area contributed by atoms with E-state index in [-0.39, 0.29) is 39.9 Å². The molecule has 3 rings (SSSR count). The Labute approximate surface area is 172 Å². The lowest BCUT2D eigenvalue weighted by molar-refractivity contribution is -0.113. The van der Waals surface area contributed by atoms with E-state index < -0.39 is 17.5 Å². The number of amides is 2. The van der Waals surface area contributed by atoms with Gasteiger partial charge in [0.05, 0.1) is 22.9 Å². The highest BCUT2D eigenvalue weighted by molar-refractivity contribution is 7.99. The van der Waals surface area contributed by atoms with Crippen molar-refractivity contribution < 1.29 is 22.8 Å². The number of halogens is 3. The third kappa shape index (κ3) is 5.75. The van der Waals surface area contributed by atoms with Crippen molar-refractivity contribution in [2.45, 2.75) is 11.8 Å². The molecule has 2 N–H and O–H groups in total. The van der Waals surface area contributed by atoms with Crippen LogP contribution in [0.15, 0.2) is 52.1 Å². The summed E-state index contributed by atoms with van der Waals surface area (Å²) in [6.07, 6.45) is 0. The molecular formula is C18H13ClF2N4O3S. The number of hydrogen-bond acceptors (Lipinski definition) is 6. The van der Waals surface area contributed by atoms with Gasteiger partial charge >= 0.3 is 0 Å². The normalized spacial score (nSPS) is 10.6. The van der Waals surface area contributed by atoms with Gasteiger partial charge in [-0.15, -0.1) is 10.2 Å². The number of carbonyl (C=O) groups excluding carboxylic acids is 2. The molecule has 150 valence electrons. The van der Waals surface area contributed by atoms with Gasteiger partial charge in [0.15, 0.2) is 0 Å². The van der Waals surface area contributed by atoms with E-state index in [0.717, 1.165) is 17.8 Å². The van der Waals surface area contributed by atoms with Gasteiger partial charge < -0.3 is 15.1 Å². The average Bonchev–Trinajstić information content (AvgIpc) is 3.14. The summed E-state index contributed by atoms with van der Waals surface area (Å²) in [4.78, 5) is 24.0. The largest absolute Gasteiger partial charge is 0.414 e. The molecule has 0 fully saturated rings. The molecule has 29 heavy (non-hydrogen) atoms. The van der Waals surface area contributed by atoms with Gasteiger partial charge in [0, 0.05) is 5.69 Å². The first-order valence-corrected chi connectivity index (χ1v) is 9.51. The molecule has 0 saturated carbocycles. The molecular weight excluding hydrogens is 426 g/mol. The molecule has 2 aromatic carbocycles. The minimum absolute atomic E-state index is 0.0172. The summed E-state index contributed by atoms with van der Waals surface area (Å²) in [7, 11) is 0. The summed E-state index contributed by atoms with van der Waals surface area (Å²) < 4.78 is 31.9. The standard InChI is InChI=1S/C18H13ClF2N4O3S/c19-12-2-1-3-13(21)16(12)17(27)22-8-15-24-25-18(28-15)29-9-14(26)23-11-6-4-10(20)5-7-11/h1-7H,8-9H2,(H,22,27)(H,23,26). The molecule has 0 unspecified atom stereocenters. The van der Waals surface area contributed by atoms with E-state index in [9.17, 15) is 18.4 Å². The molecule has 0 bridgehead atoms. The van der Waals surface area contributed by atoms with E-state index in [0.29, 0.717) is 5.69 Å². The van der Waals surface area contributed by atoms with Crippen LogP contribution in [0, 0.1) is 11.6 Å². The van der Waals surface area contributed by atoms with Gasteiger partial charge in [0.2, 0.25) is 11.8 Å². The average molecular weight is 439 g/mol. The number of nitrogens with zero attached hydrogens (tertiary/aromatic N) is 2. The minimum atomic E-state index is -0.746. The van der Waals surface area contributed by atoms with Gasteiger partial charge in [-0.05, 0) is 36.4 Å². The molecule has 0 aliphatic heterocycles. The van der Waals surface area contributed by atoms with E-state index in [2.05, 4.69) is 20.8 Å². The quantitative estimate of drug-likeness (QED) is 0.546. The van der Waals surface area contributed by atoms with Crippen molar-refractivity contribution in [3.63, 3.8) is 0 Å². The van der Waals surface area contributed by atoms with Gasteiger partial charge in [0.1, 0.15) is 11.6 Å². The smallest absolute Gasteiger partial charge is 0.277 e. The van der Waals surface area contributed by atoms with Crippen LogP contribution < -0.4 is 10.6 Å². The zero-order valence-corrected chi connectivity index (χ0v) is 16.2. The zero-order chi connectivity index (χ0) is 20.8. The molecule has 0 aliphatic rings. The second-order valence-electron chi connectivity index (χ2n) is 5.58. The van der Waals surface area contributed by atoms with Crippen molar-refractivity contribution in [2.24, 2.45) is 0 Å². The number of anilines is 1. The Hall–Kier alpha value is -2.98. The predicted octanol–water partition coefficient (Wildman–Crippen LogP) is 3.66. The van der Waals surface area contributed by atoms with Gasteiger partial charge in [0.25, 0.3) is 11.1 Å². The van der Waals surface area contributed by atoms with Crippen molar-refractivity contribution in [3.8, 4) is 0 Å². The van der Waals surface area contributed by atoms with E-state index >= 15 is 0 Å². The summed E-state index contributed by atoms with van der Waals surface area (Å²) >= 11 is 6.82. The lowest BCUT2D eigenvalue weighted by Crippen LogP contribution is -2.24. The molecule has 0 radical (unpaired) electrons. The summed E-state index contributed by atoms with van der Waals surface area (Å²) in [5, 5.41) is 12.6. The van der Waals surface area contributed by atoms with Crippen LogP contribution in [0.3, 0.4) is 0 Å². The van der Waals surface area contributed by atoms with E-state index in [1.807, 2.05) is 0 Å². The number of carbonyl (C=O) groups is 2. The molecule has 0 spiro atoms. The zero-order valence-electron chi connectivity index (χ0n) is 14.6. The van der Waals surface area contributed by atoms with Crippen LogP contribution >= 0.6 is 23.4 Å². The number of benzene rings is 2. The molecule has 1 aromatic heterocycles. The molecule has 0 atom stereocenters. The Kier molecular flexibility index (Phi) is 6.78. The predicted molar refractivity (Wildman–Crippen MR) is 103 cm³/mol. The third-order valence-corrected chi connectivity index (χ3v) is 4.63. The third-order valence-electron chi connectivity index (χ3n) is 3.49. The highest BCUT2D eigenvalue weighted by atomic mass is 35.5. The Bertz CT molecular complexity index is 1010. The highest BCUT2D eigenvalue weighted by Gasteiger charge is 2.17. The number of aromatic nitrogens is 2. The first kappa shape index (κ1) is 20.7. The molecule has 1 heterocycles. The van der Waals surface area contributed by atoms with Crippen LogP contribution in [-0.4, -0.2) is 27.8 Å². The van der Waals surface area contributed by atoms with E-state index in [1.54, 1.807) is 0 Å². The molecule has 7 nitrogen and oxygen atoms in total. The fourth-order valence-corrected chi connectivity index (χ4v) is 3.01. The van der Waals surface area contributed by atoms with Crippen molar-refractivity contribution in [1.82, 2.24) is 15.5 Å². The number of nitrogens with one attached hydrogen (secondary N) is 2. The van der Waals surface area contributed by atoms with E-state index in [1.165, 1.54) is 36.4 Å². The van der Waals surface area contributed by atoms with Crippen molar-refractivity contribution >= 4 is 40.9 Å². The first-order valence-electron chi connectivity index (χ1n) is 8.15. The lowest BCUT2D eigenvalue weighted by Gasteiger charge is -2.05. The summed E-state index contributed by atoms with van der Waals surface area (Å²) in [6, 6.07) is 9.26. The second kappa shape index (κ2) is 9.48. The molecule has 2 amide bonds. The fraction of sp³-hybridized carbons (Fsp3) is 0.111. The van der Waals surface area contributed by atoms with Crippen LogP contribution in [0.4, 0.5) is 14.5 Å². The monoisotopic (exact) mass is 438 g/mol. The Morgan fingerprint density at radius 3 is 2.59 bits per heavy atom. The number of hydrogen-bond donors (Lipinski definition) is 2. The number of rotatable bonds is 7. The van der Waals surface area contributed by atoms with Crippen LogP contribution in [0.5, 0.6) is 0 Å². The van der Waals surface area contributed by atoms with Crippen molar-refractivity contribution in [2.75, 3.05) is 11.1 Å². The maximum atomic E-state index is 13.7. The van der Waals surface area contributed by atoms with Gasteiger partial charge in [-0.25, -0.2) is 8.78 Å². The lowest BCUT2D eigenvalue weighted by atomic mass is 10.2. The highest BCUT2D eigenvalue weighted by Crippen LogP contribution is 2.20. The molecule has 0 saturated heterocycles. The Morgan fingerprint density at radius 1 is 1.10 bits per heavy atom. The van der Waals surface area contributed by atoms with Crippen LogP contribution in [0.2, 0.25) is 5.02 Å². The van der Waals surface area contributed by atoms with E-state index in [4.69, 9.17) is 16.0 Å². The van der Waals surface area contributed by atoms with Gasteiger partial charge in [-0.1, -0.05) is 29.4 Å². The van der Waals surface area contributed by atoms with Crippen LogP contribution in [-0.2, 0) is 11.3 Å². The minimum Gasteiger partial charge on any atom is -0.414 e. The Morgan fingerprint density at radius 2 is 1.86 bits per heavy atom. The summed E-state index contributed by atoms with van der Waals surface area (Å²) in [6.45, 7) is -0.140.